The topological polar surface area (TPSA) is 105 Å². The number of hydrogen-bond donors (Lipinski definition) is 2. The SMILES string of the molecule is C[C@@H](Nc1nc2c(cnn2C2CCCC2)c(=O)[nH]1)C(=O)N1CCCOCC1. The van der Waals surface area contributed by atoms with Gasteiger partial charge in [0.1, 0.15) is 11.4 Å². The van der Waals surface area contributed by atoms with Crippen LogP contribution < -0.4 is 10.9 Å². The Kier molecular flexibility index (Phi) is 5.11. The number of H-pyrrole nitrogens is 1. The lowest BCUT2D eigenvalue weighted by Crippen LogP contribution is -2.43. The average Bonchev–Trinajstić information content (AvgIpc) is 3.24. The maximum Gasteiger partial charge on any atom is 0.263 e. The highest BCUT2D eigenvalue weighted by Crippen LogP contribution is 2.30. The Morgan fingerprint density at radius 1 is 1.30 bits per heavy atom. The second-order valence-corrected chi connectivity index (χ2v) is 7.34. The number of amides is 1. The molecule has 2 fully saturated rings. The minimum Gasteiger partial charge on any atom is -0.380 e. The molecule has 9 nitrogen and oxygen atoms in total. The number of nitrogens with one attached hydrogen (secondary N) is 2. The lowest BCUT2D eigenvalue weighted by molar-refractivity contribution is -0.131. The summed E-state index contributed by atoms with van der Waals surface area (Å²) in [5.74, 6) is 0.284. The van der Waals surface area contributed by atoms with E-state index in [1.807, 2.05) is 4.68 Å². The summed E-state index contributed by atoms with van der Waals surface area (Å²) in [4.78, 5) is 34.2. The van der Waals surface area contributed by atoms with Crippen LogP contribution in [-0.4, -0.2) is 62.9 Å². The standard InChI is InChI=1S/C18H26N6O3/c1-12(17(26)23-7-4-9-27-10-8-23)20-18-21-15-14(16(25)22-18)11-19-24(15)13-5-2-3-6-13/h11-13H,2-10H2,1H3,(H2,20,21,22,25)/t12-/m1/s1. The van der Waals surface area contributed by atoms with Crippen molar-refractivity contribution < 1.29 is 9.53 Å². The van der Waals surface area contributed by atoms with Gasteiger partial charge in [-0.3, -0.25) is 14.6 Å². The minimum atomic E-state index is -0.494. The van der Waals surface area contributed by atoms with E-state index in [-0.39, 0.29) is 11.5 Å². The van der Waals surface area contributed by atoms with Crippen LogP contribution in [0.4, 0.5) is 5.95 Å². The summed E-state index contributed by atoms with van der Waals surface area (Å²) >= 11 is 0. The van der Waals surface area contributed by atoms with E-state index in [9.17, 15) is 9.59 Å². The van der Waals surface area contributed by atoms with Crippen molar-refractivity contribution in [1.82, 2.24) is 24.6 Å². The van der Waals surface area contributed by atoms with Gasteiger partial charge in [0.2, 0.25) is 11.9 Å². The molecule has 1 saturated heterocycles. The van der Waals surface area contributed by atoms with Gasteiger partial charge in [0, 0.05) is 19.7 Å². The zero-order valence-corrected chi connectivity index (χ0v) is 15.6. The molecule has 2 aromatic heterocycles. The lowest BCUT2D eigenvalue weighted by Gasteiger charge is -2.24. The van der Waals surface area contributed by atoms with Crippen LogP contribution in [0.25, 0.3) is 11.0 Å². The van der Waals surface area contributed by atoms with Crippen molar-refractivity contribution in [2.45, 2.75) is 51.1 Å². The molecule has 27 heavy (non-hydrogen) atoms. The van der Waals surface area contributed by atoms with Gasteiger partial charge in [0.05, 0.1) is 18.8 Å². The number of nitrogens with zero attached hydrogens (tertiary/aromatic N) is 4. The molecule has 4 rings (SSSR count). The number of aromatic amines is 1. The van der Waals surface area contributed by atoms with Crippen LogP contribution in [0, 0.1) is 0 Å². The molecule has 0 bridgehead atoms. The molecule has 1 amide bonds. The van der Waals surface area contributed by atoms with Crippen LogP contribution in [-0.2, 0) is 9.53 Å². The van der Waals surface area contributed by atoms with Crippen LogP contribution in [0.2, 0.25) is 0 Å². The fraction of sp³-hybridized carbons (Fsp3) is 0.667. The number of carbonyl (C=O) groups excluding carboxylic acids is 1. The normalized spacial score (nSPS) is 20.0. The largest absolute Gasteiger partial charge is 0.380 e. The van der Waals surface area contributed by atoms with Crippen molar-refractivity contribution in [1.29, 1.82) is 0 Å². The number of carbonyl (C=O) groups is 1. The van der Waals surface area contributed by atoms with E-state index >= 15 is 0 Å². The molecular formula is C18H26N6O3. The first-order valence-electron chi connectivity index (χ1n) is 9.74. The minimum absolute atomic E-state index is 0.0208. The first-order valence-corrected chi connectivity index (χ1v) is 9.74. The molecule has 1 saturated carbocycles. The Bertz CT molecular complexity index is 862. The lowest BCUT2D eigenvalue weighted by atomic mass is 10.2. The van der Waals surface area contributed by atoms with Crippen LogP contribution in [0.3, 0.4) is 0 Å². The average molecular weight is 374 g/mol. The molecule has 2 aliphatic rings. The number of aromatic nitrogens is 4. The monoisotopic (exact) mass is 374 g/mol. The molecule has 0 aromatic carbocycles. The van der Waals surface area contributed by atoms with Gasteiger partial charge in [-0.25, -0.2) is 4.68 Å². The second-order valence-electron chi connectivity index (χ2n) is 7.34. The number of anilines is 1. The molecule has 9 heteroatoms. The zero-order valence-electron chi connectivity index (χ0n) is 15.6. The number of ether oxygens (including phenoxy) is 1. The van der Waals surface area contributed by atoms with E-state index in [4.69, 9.17) is 4.74 Å². The van der Waals surface area contributed by atoms with Crippen molar-refractivity contribution in [2.24, 2.45) is 0 Å². The molecular weight excluding hydrogens is 348 g/mol. The third-order valence-corrected chi connectivity index (χ3v) is 5.39. The van der Waals surface area contributed by atoms with Gasteiger partial charge in [0.25, 0.3) is 5.56 Å². The number of rotatable bonds is 4. The fourth-order valence-electron chi connectivity index (χ4n) is 3.93. The smallest absolute Gasteiger partial charge is 0.263 e. The first kappa shape index (κ1) is 18.0. The molecule has 1 aliphatic heterocycles. The van der Waals surface area contributed by atoms with E-state index in [0.29, 0.717) is 49.3 Å². The van der Waals surface area contributed by atoms with Crippen molar-refractivity contribution in [3.8, 4) is 0 Å². The van der Waals surface area contributed by atoms with Gasteiger partial charge < -0.3 is 15.0 Å². The third-order valence-electron chi connectivity index (χ3n) is 5.39. The molecule has 2 aromatic rings. The Hall–Kier alpha value is -2.42. The summed E-state index contributed by atoms with van der Waals surface area (Å²) in [5, 5.41) is 7.94. The molecule has 2 N–H and O–H groups in total. The predicted molar refractivity (Wildman–Crippen MR) is 101 cm³/mol. The van der Waals surface area contributed by atoms with Crippen LogP contribution in [0.5, 0.6) is 0 Å². The molecule has 3 heterocycles. The van der Waals surface area contributed by atoms with Gasteiger partial charge in [0.15, 0.2) is 5.65 Å². The second kappa shape index (κ2) is 7.67. The summed E-state index contributed by atoms with van der Waals surface area (Å²) in [7, 11) is 0. The van der Waals surface area contributed by atoms with Crippen molar-refractivity contribution in [2.75, 3.05) is 31.6 Å². The van der Waals surface area contributed by atoms with Crippen LogP contribution >= 0.6 is 0 Å². The van der Waals surface area contributed by atoms with E-state index < -0.39 is 6.04 Å². The summed E-state index contributed by atoms with van der Waals surface area (Å²) in [6.45, 7) is 4.29. The third kappa shape index (κ3) is 3.69. The summed E-state index contributed by atoms with van der Waals surface area (Å²) in [6, 6.07) is -0.202. The fourth-order valence-corrected chi connectivity index (χ4v) is 3.93. The predicted octanol–water partition coefficient (Wildman–Crippen LogP) is 1.28. The Labute approximate surface area is 157 Å². The molecule has 0 spiro atoms. The number of fused-ring (bicyclic) bond motifs is 1. The van der Waals surface area contributed by atoms with E-state index in [1.54, 1.807) is 18.0 Å². The molecule has 0 radical (unpaired) electrons. The zero-order chi connectivity index (χ0) is 18.8. The van der Waals surface area contributed by atoms with E-state index in [1.165, 1.54) is 12.8 Å². The van der Waals surface area contributed by atoms with Gasteiger partial charge in [-0.1, -0.05) is 12.8 Å². The van der Waals surface area contributed by atoms with Crippen LogP contribution in [0.15, 0.2) is 11.0 Å². The van der Waals surface area contributed by atoms with Gasteiger partial charge >= 0.3 is 0 Å². The highest BCUT2D eigenvalue weighted by atomic mass is 16.5. The van der Waals surface area contributed by atoms with Gasteiger partial charge in [-0.15, -0.1) is 0 Å². The van der Waals surface area contributed by atoms with Gasteiger partial charge in [-0.2, -0.15) is 10.1 Å². The van der Waals surface area contributed by atoms with E-state index in [0.717, 1.165) is 19.3 Å². The first-order chi connectivity index (χ1) is 13.1. The van der Waals surface area contributed by atoms with E-state index in [2.05, 4.69) is 20.4 Å². The maximum absolute atomic E-state index is 12.7. The maximum atomic E-state index is 12.7. The summed E-state index contributed by atoms with van der Waals surface area (Å²) in [5.41, 5.74) is 0.338. The quantitative estimate of drug-likeness (QED) is 0.835. The van der Waals surface area contributed by atoms with Crippen molar-refractivity contribution in [3.05, 3.63) is 16.6 Å². The summed E-state index contributed by atoms with van der Waals surface area (Å²) in [6.07, 6.45) is 6.87. The van der Waals surface area contributed by atoms with Gasteiger partial charge in [-0.05, 0) is 26.2 Å². The molecule has 1 aliphatic carbocycles. The summed E-state index contributed by atoms with van der Waals surface area (Å²) < 4.78 is 7.27. The molecule has 1 atom stereocenters. The Morgan fingerprint density at radius 2 is 2.11 bits per heavy atom. The molecule has 146 valence electrons. The Morgan fingerprint density at radius 3 is 2.93 bits per heavy atom. The Balaban J connectivity index is 1.55. The highest BCUT2D eigenvalue weighted by molar-refractivity contribution is 5.84. The number of hydrogen-bond acceptors (Lipinski definition) is 6. The van der Waals surface area contributed by atoms with Crippen molar-refractivity contribution in [3.63, 3.8) is 0 Å². The molecule has 0 unspecified atom stereocenters. The highest BCUT2D eigenvalue weighted by Gasteiger charge is 2.24. The van der Waals surface area contributed by atoms with Crippen molar-refractivity contribution >= 4 is 22.9 Å². The van der Waals surface area contributed by atoms with Crippen LogP contribution in [0.1, 0.15) is 45.1 Å².